The summed E-state index contributed by atoms with van der Waals surface area (Å²) in [7, 11) is 0. The molecular weight excluding hydrogens is 304 g/mol. The van der Waals surface area contributed by atoms with Gasteiger partial charge in [0.25, 0.3) is 0 Å². The van der Waals surface area contributed by atoms with E-state index in [4.69, 9.17) is 4.74 Å². The van der Waals surface area contributed by atoms with Crippen LogP contribution in [-0.2, 0) is 14.3 Å². The molecule has 1 saturated heterocycles. The largest absolute Gasteiger partial charge is 0.376 e. The molecule has 5 heteroatoms. The monoisotopic (exact) mass is 332 g/mol. The van der Waals surface area contributed by atoms with Crippen molar-refractivity contribution in [1.82, 2.24) is 4.90 Å². The van der Waals surface area contributed by atoms with Crippen molar-refractivity contribution >= 4 is 17.5 Å². The first-order valence-electron chi connectivity index (χ1n) is 8.76. The smallest absolute Gasteiger partial charge is 0.233 e. The van der Waals surface area contributed by atoms with E-state index in [0.29, 0.717) is 13.1 Å². The van der Waals surface area contributed by atoms with E-state index < -0.39 is 0 Å². The van der Waals surface area contributed by atoms with E-state index in [9.17, 15) is 9.59 Å². The number of aryl methyl sites for hydroxylation is 2. The van der Waals surface area contributed by atoms with Gasteiger partial charge in [0.2, 0.25) is 11.8 Å². The molecule has 0 radical (unpaired) electrons. The molecule has 1 aliphatic rings. The van der Waals surface area contributed by atoms with Crippen molar-refractivity contribution in [2.75, 3.05) is 25.0 Å². The quantitative estimate of drug-likeness (QED) is 0.815. The number of nitrogens with zero attached hydrogens (tertiary/aromatic N) is 1. The van der Waals surface area contributed by atoms with Crippen molar-refractivity contribution < 1.29 is 14.3 Å². The zero-order valence-corrected chi connectivity index (χ0v) is 14.9. The van der Waals surface area contributed by atoms with Gasteiger partial charge in [-0.05, 0) is 44.7 Å². The van der Waals surface area contributed by atoms with Crippen LogP contribution < -0.4 is 5.32 Å². The lowest BCUT2D eigenvalue weighted by molar-refractivity contribution is -0.138. The molecule has 2 amide bonds. The van der Waals surface area contributed by atoms with Crippen LogP contribution in [0.4, 0.5) is 5.69 Å². The van der Waals surface area contributed by atoms with E-state index in [1.807, 2.05) is 32.0 Å². The summed E-state index contributed by atoms with van der Waals surface area (Å²) >= 11 is 0. The lowest BCUT2D eigenvalue weighted by atomic mass is 10.1. The summed E-state index contributed by atoms with van der Waals surface area (Å²) in [5, 5.41) is 2.84. The number of likely N-dealkylation sites (tertiary alicyclic amines) is 1. The SMILES string of the molecule is CCCO[C@@H]1CCCN(C(=O)CC(=O)Nc2ccc(C)cc2C)C1. The second-order valence-corrected chi connectivity index (χ2v) is 6.52. The molecule has 1 N–H and O–H groups in total. The molecule has 1 aromatic rings. The van der Waals surface area contributed by atoms with Gasteiger partial charge < -0.3 is 15.0 Å². The van der Waals surface area contributed by atoms with Crippen molar-refractivity contribution in [1.29, 1.82) is 0 Å². The number of anilines is 1. The summed E-state index contributed by atoms with van der Waals surface area (Å²) in [5.41, 5.74) is 2.91. The molecule has 0 spiro atoms. The zero-order chi connectivity index (χ0) is 17.5. The van der Waals surface area contributed by atoms with Crippen molar-refractivity contribution in [2.45, 2.75) is 52.6 Å². The normalized spacial score (nSPS) is 17.6. The van der Waals surface area contributed by atoms with Gasteiger partial charge in [-0.2, -0.15) is 0 Å². The van der Waals surface area contributed by atoms with Gasteiger partial charge in [-0.25, -0.2) is 0 Å². The molecule has 0 saturated carbocycles. The van der Waals surface area contributed by atoms with Crippen molar-refractivity contribution in [3.8, 4) is 0 Å². The Hall–Kier alpha value is -1.88. The molecule has 1 fully saturated rings. The van der Waals surface area contributed by atoms with Crippen LogP contribution in [0.2, 0.25) is 0 Å². The van der Waals surface area contributed by atoms with Crippen LogP contribution in [-0.4, -0.2) is 42.5 Å². The Kier molecular flexibility index (Phi) is 6.79. The molecule has 2 rings (SSSR count). The summed E-state index contributed by atoms with van der Waals surface area (Å²) in [4.78, 5) is 26.3. The molecule has 0 aliphatic carbocycles. The number of rotatable bonds is 6. The highest BCUT2D eigenvalue weighted by molar-refractivity contribution is 6.03. The van der Waals surface area contributed by atoms with E-state index in [1.54, 1.807) is 4.90 Å². The predicted molar refractivity (Wildman–Crippen MR) is 95.0 cm³/mol. The third kappa shape index (κ3) is 5.34. The molecule has 24 heavy (non-hydrogen) atoms. The van der Waals surface area contributed by atoms with Crippen LogP contribution >= 0.6 is 0 Å². The van der Waals surface area contributed by atoms with Crippen molar-refractivity contribution in [3.63, 3.8) is 0 Å². The van der Waals surface area contributed by atoms with Gasteiger partial charge in [-0.15, -0.1) is 0 Å². The van der Waals surface area contributed by atoms with Crippen LogP contribution in [0.1, 0.15) is 43.7 Å². The van der Waals surface area contributed by atoms with Crippen LogP contribution in [0.3, 0.4) is 0 Å². The van der Waals surface area contributed by atoms with E-state index in [-0.39, 0.29) is 24.3 Å². The third-order valence-corrected chi connectivity index (χ3v) is 4.26. The van der Waals surface area contributed by atoms with Crippen LogP contribution in [0.25, 0.3) is 0 Å². The number of nitrogens with one attached hydrogen (secondary N) is 1. The Labute approximate surface area is 144 Å². The van der Waals surface area contributed by atoms with E-state index in [0.717, 1.165) is 42.7 Å². The molecule has 132 valence electrons. The van der Waals surface area contributed by atoms with Crippen LogP contribution in [0.5, 0.6) is 0 Å². The Morgan fingerprint density at radius 3 is 2.83 bits per heavy atom. The van der Waals surface area contributed by atoms with Gasteiger partial charge in [0.1, 0.15) is 6.42 Å². The molecule has 1 aliphatic heterocycles. The number of amides is 2. The standard InChI is InChI=1S/C19H28N2O3/c1-4-10-24-16-6-5-9-21(13-16)19(23)12-18(22)20-17-8-7-14(2)11-15(17)3/h7-8,11,16H,4-6,9-10,12-13H2,1-3H3,(H,20,22)/t16-/m1/s1. The average Bonchev–Trinajstić information content (AvgIpc) is 2.55. The third-order valence-electron chi connectivity index (χ3n) is 4.26. The van der Waals surface area contributed by atoms with Crippen molar-refractivity contribution in [2.24, 2.45) is 0 Å². The first-order valence-corrected chi connectivity index (χ1v) is 8.76. The van der Waals surface area contributed by atoms with E-state index in [2.05, 4.69) is 12.2 Å². The van der Waals surface area contributed by atoms with Gasteiger partial charge >= 0.3 is 0 Å². The Bertz CT molecular complexity index is 586. The molecule has 0 unspecified atom stereocenters. The average molecular weight is 332 g/mol. The number of carbonyl (C=O) groups is 2. The predicted octanol–water partition coefficient (Wildman–Crippen LogP) is 3.05. The minimum absolute atomic E-state index is 0.102. The number of hydrogen-bond acceptors (Lipinski definition) is 3. The minimum atomic E-state index is -0.261. The van der Waals surface area contributed by atoms with Gasteiger partial charge in [-0.3, -0.25) is 9.59 Å². The Morgan fingerprint density at radius 2 is 2.12 bits per heavy atom. The first kappa shape index (κ1) is 18.5. The van der Waals surface area contributed by atoms with Gasteiger partial charge in [0, 0.05) is 25.4 Å². The summed E-state index contributed by atoms with van der Waals surface area (Å²) in [6, 6.07) is 5.84. The zero-order valence-electron chi connectivity index (χ0n) is 14.9. The highest BCUT2D eigenvalue weighted by Gasteiger charge is 2.25. The lowest BCUT2D eigenvalue weighted by Crippen LogP contribution is -2.44. The molecule has 5 nitrogen and oxygen atoms in total. The highest BCUT2D eigenvalue weighted by Crippen LogP contribution is 2.17. The Balaban J connectivity index is 1.85. The van der Waals surface area contributed by atoms with Crippen molar-refractivity contribution in [3.05, 3.63) is 29.3 Å². The highest BCUT2D eigenvalue weighted by atomic mass is 16.5. The molecule has 0 bridgehead atoms. The number of ether oxygens (including phenoxy) is 1. The molecule has 1 atom stereocenters. The van der Waals surface area contributed by atoms with E-state index in [1.165, 1.54) is 0 Å². The number of carbonyl (C=O) groups excluding carboxylic acids is 2. The molecule has 1 aromatic carbocycles. The van der Waals surface area contributed by atoms with Gasteiger partial charge in [0.05, 0.1) is 6.10 Å². The summed E-state index contributed by atoms with van der Waals surface area (Å²) in [6.45, 7) is 8.06. The fraction of sp³-hybridized carbons (Fsp3) is 0.579. The Morgan fingerprint density at radius 1 is 1.33 bits per heavy atom. The maximum Gasteiger partial charge on any atom is 0.233 e. The van der Waals surface area contributed by atoms with Crippen LogP contribution in [0.15, 0.2) is 18.2 Å². The van der Waals surface area contributed by atoms with Gasteiger partial charge in [0.15, 0.2) is 0 Å². The minimum Gasteiger partial charge on any atom is -0.376 e. The first-order chi connectivity index (χ1) is 11.5. The molecule has 1 heterocycles. The number of hydrogen-bond donors (Lipinski definition) is 1. The lowest BCUT2D eigenvalue weighted by Gasteiger charge is -2.32. The maximum absolute atomic E-state index is 12.4. The van der Waals surface area contributed by atoms with Crippen LogP contribution in [0, 0.1) is 13.8 Å². The molecule has 0 aromatic heterocycles. The maximum atomic E-state index is 12.4. The number of piperidine rings is 1. The summed E-state index contributed by atoms with van der Waals surface area (Å²) in [5.74, 6) is -0.384. The van der Waals surface area contributed by atoms with Gasteiger partial charge in [-0.1, -0.05) is 24.6 Å². The fourth-order valence-corrected chi connectivity index (χ4v) is 2.98. The summed E-state index contributed by atoms with van der Waals surface area (Å²) in [6.07, 6.45) is 2.87. The second kappa shape index (κ2) is 8.83. The topological polar surface area (TPSA) is 58.6 Å². The number of benzene rings is 1. The van der Waals surface area contributed by atoms with E-state index >= 15 is 0 Å². The molecular formula is C19H28N2O3. The summed E-state index contributed by atoms with van der Waals surface area (Å²) < 4.78 is 5.75. The second-order valence-electron chi connectivity index (χ2n) is 6.52. The fourth-order valence-electron chi connectivity index (χ4n) is 2.98.